The van der Waals surface area contributed by atoms with E-state index in [1.165, 1.54) is 22.2 Å². The summed E-state index contributed by atoms with van der Waals surface area (Å²) in [5.74, 6) is 0.103. The Kier molecular flexibility index (Phi) is 3.51. The number of aliphatic hydroxyl groups excluding tert-OH is 1. The summed E-state index contributed by atoms with van der Waals surface area (Å²) < 4.78 is 1.41. The second-order valence-corrected chi connectivity index (χ2v) is 5.49. The van der Waals surface area contributed by atoms with Crippen LogP contribution in [0.25, 0.3) is 10.2 Å². The van der Waals surface area contributed by atoms with Gasteiger partial charge in [0.05, 0.1) is 30.2 Å². The Labute approximate surface area is 107 Å². The van der Waals surface area contributed by atoms with E-state index in [1.807, 2.05) is 13.8 Å². The zero-order valence-corrected chi connectivity index (χ0v) is 11.2. The van der Waals surface area contributed by atoms with E-state index in [4.69, 9.17) is 11.6 Å². The summed E-state index contributed by atoms with van der Waals surface area (Å²) in [7, 11) is 0. The predicted molar refractivity (Wildman–Crippen MR) is 70.1 cm³/mol. The lowest BCUT2D eigenvalue weighted by Crippen LogP contribution is -2.27. The molecule has 92 valence electrons. The normalized spacial score (nSPS) is 13.2. The van der Waals surface area contributed by atoms with Gasteiger partial charge >= 0.3 is 0 Å². The zero-order chi connectivity index (χ0) is 12.6. The minimum atomic E-state index is -0.728. The van der Waals surface area contributed by atoms with Crippen LogP contribution in [-0.4, -0.2) is 26.6 Å². The van der Waals surface area contributed by atoms with Gasteiger partial charge < -0.3 is 5.11 Å². The van der Waals surface area contributed by atoms with Crippen molar-refractivity contribution < 1.29 is 5.11 Å². The standard InChI is InChI=1S/C11H13ClN2O2S/c1-6-7(2)17-10-9(6)11(16)14(5-13-10)4-8(15)3-12/h5,8,15H,3-4H2,1-2H3. The highest BCUT2D eigenvalue weighted by Gasteiger charge is 2.13. The largest absolute Gasteiger partial charge is 0.390 e. The SMILES string of the molecule is Cc1sc2ncn(CC(O)CCl)c(=O)c2c1C. The maximum atomic E-state index is 12.2. The highest BCUT2D eigenvalue weighted by Crippen LogP contribution is 2.25. The molecule has 0 fully saturated rings. The lowest BCUT2D eigenvalue weighted by atomic mass is 10.2. The van der Waals surface area contributed by atoms with Gasteiger partial charge in [-0.05, 0) is 19.4 Å². The second-order valence-electron chi connectivity index (χ2n) is 3.97. The summed E-state index contributed by atoms with van der Waals surface area (Å²) in [4.78, 5) is 18.3. The van der Waals surface area contributed by atoms with Crippen molar-refractivity contribution in [2.24, 2.45) is 0 Å². The van der Waals surface area contributed by atoms with Crippen molar-refractivity contribution in [3.05, 3.63) is 27.1 Å². The first kappa shape index (κ1) is 12.5. The van der Waals surface area contributed by atoms with Crippen molar-refractivity contribution in [3.8, 4) is 0 Å². The molecule has 1 N–H and O–H groups in total. The Balaban J connectivity index is 2.57. The summed E-state index contributed by atoms with van der Waals surface area (Å²) in [6, 6.07) is 0. The number of alkyl halides is 1. The Bertz CT molecular complexity index is 605. The lowest BCUT2D eigenvalue weighted by Gasteiger charge is -2.08. The van der Waals surface area contributed by atoms with Gasteiger partial charge in [0.2, 0.25) is 0 Å². The number of aliphatic hydroxyl groups is 1. The minimum Gasteiger partial charge on any atom is -0.390 e. The highest BCUT2D eigenvalue weighted by atomic mass is 35.5. The molecule has 4 nitrogen and oxygen atoms in total. The Hall–Kier alpha value is -0.910. The van der Waals surface area contributed by atoms with Gasteiger partial charge in [-0.3, -0.25) is 9.36 Å². The smallest absolute Gasteiger partial charge is 0.262 e. The number of fused-ring (bicyclic) bond motifs is 1. The third-order valence-electron chi connectivity index (χ3n) is 2.74. The van der Waals surface area contributed by atoms with Crippen LogP contribution in [0.4, 0.5) is 0 Å². The van der Waals surface area contributed by atoms with Gasteiger partial charge in [-0.15, -0.1) is 22.9 Å². The van der Waals surface area contributed by atoms with Crippen LogP contribution in [0, 0.1) is 13.8 Å². The average Bonchev–Trinajstić information content (AvgIpc) is 2.59. The average molecular weight is 273 g/mol. The molecule has 1 unspecified atom stereocenters. The molecule has 2 aromatic heterocycles. The fraction of sp³-hybridized carbons (Fsp3) is 0.455. The van der Waals surface area contributed by atoms with Gasteiger partial charge in [0, 0.05) is 4.88 Å². The topological polar surface area (TPSA) is 55.1 Å². The number of hydrogen-bond acceptors (Lipinski definition) is 4. The van der Waals surface area contributed by atoms with E-state index >= 15 is 0 Å². The van der Waals surface area contributed by atoms with E-state index in [2.05, 4.69) is 4.98 Å². The number of hydrogen-bond donors (Lipinski definition) is 1. The highest BCUT2D eigenvalue weighted by molar-refractivity contribution is 7.18. The molecule has 0 saturated carbocycles. The molecule has 0 aromatic carbocycles. The Morgan fingerprint density at radius 3 is 2.94 bits per heavy atom. The van der Waals surface area contributed by atoms with Gasteiger partial charge in [0.1, 0.15) is 4.83 Å². The molecular formula is C11H13ClN2O2S. The van der Waals surface area contributed by atoms with E-state index < -0.39 is 6.10 Å². The first-order chi connectivity index (χ1) is 8.04. The maximum absolute atomic E-state index is 12.2. The molecule has 0 amide bonds. The molecule has 0 spiro atoms. The van der Waals surface area contributed by atoms with Crippen molar-refractivity contribution in [1.29, 1.82) is 0 Å². The number of thiophene rings is 1. The number of aryl methyl sites for hydroxylation is 2. The Morgan fingerprint density at radius 2 is 2.29 bits per heavy atom. The van der Waals surface area contributed by atoms with Crippen LogP contribution in [0.2, 0.25) is 0 Å². The van der Waals surface area contributed by atoms with Gasteiger partial charge in [-0.2, -0.15) is 0 Å². The number of nitrogens with zero attached hydrogens (tertiary/aromatic N) is 2. The first-order valence-corrected chi connectivity index (χ1v) is 6.59. The first-order valence-electron chi connectivity index (χ1n) is 5.23. The van der Waals surface area contributed by atoms with E-state index in [-0.39, 0.29) is 18.0 Å². The van der Waals surface area contributed by atoms with Crippen LogP contribution in [0.3, 0.4) is 0 Å². The van der Waals surface area contributed by atoms with Crippen LogP contribution < -0.4 is 5.56 Å². The van der Waals surface area contributed by atoms with Crippen molar-refractivity contribution in [3.63, 3.8) is 0 Å². The second kappa shape index (κ2) is 4.76. The predicted octanol–water partition coefficient (Wildman–Crippen LogP) is 1.67. The molecule has 1 atom stereocenters. The van der Waals surface area contributed by atoms with Crippen LogP contribution in [-0.2, 0) is 6.54 Å². The van der Waals surface area contributed by atoms with Crippen LogP contribution in [0.5, 0.6) is 0 Å². The van der Waals surface area contributed by atoms with E-state index in [0.29, 0.717) is 5.39 Å². The lowest BCUT2D eigenvalue weighted by molar-refractivity contribution is 0.175. The summed E-state index contributed by atoms with van der Waals surface area (Å²) in [5, 5.41) is 10.1. The van der Waals surface area contributed by atoms with E-state index in [0.717, 1.165) is 15.3 Å². The van der Waals surface area contributed by atoms with Crippen LogP contribution in [0.1, 0.15) is 10.4 Å². The molecule has 0 aliphatic heterocycles. The number of halogens is 1. The summed E-state index contributed by atoms with van der Waals surface area (Å²) in [6.45, 7) is 4.07. The molecule has 0 aliphatic rings. The van der Waals surface area contributed by atoms with Crippen molar-refractivity contribution in [1.82, 2.24) is 9.55 Å². The monoisotopic (exact) mass is 272 g/mol. The molecule has 2 heterocycles. The van der Waals surface area contributed by atoms with Crippen molar-refractivity contribution in [2.45, 2.75) is 26.5 Å². The third kappa shape index (κ3) is 2.22. The molecule has 17 heavy (non-hydrogen) atoms. The molecule has 2 rings (SSSR count). The fourth-order valence-corrected chi connectivity index (χ4v) is 2.76. The zero-order valence-electron chi connectivity index (χ0n) is 9.61. The van der Waals surface area contributed by atoms with Crippen LogP contribution in [0.15, 0.2) is 11.1 Å². The molecular weight excluding hydrogens is 260 g/mol. The Morgan fingerprint density at radius 1 is 1.59 bits per heavy atom. The molecule has 6 heteroatoms. The molecule has 0 saturated heterocycles. The minimum absolute atomic E-state index is 0.103. The molecule has 0 radical (unpaired) electrons. The quantitative estimate of drug-likeness (QED) is 0.865. The molecule has 0 aliphatic carbocycles. The molecule has 0 bridgehead atoms. The number of aromatic nitrogens is 2. The van der Waals surface area contributed by atoms with E-state index in [9.17, 15) is 9.90 Å². The van der Waals surface area contributed by atoms with Gasteiger partial charge in [0.15, 0.2) is 0 Å². The van der Waals surface area contributed by atoms with Crippen LogP contribution >= 0.6 is 22.9 Å². The van der Waals surface area contributed by atoms with Crippen molar-refractivity contribution >= 4 is 33.2 Å². The fourth-order valence-electron chi connectivity index (χ4n) is 1.68. The van der Waals surface area contributed by atoms with Gasteiger partial charge in [0.25, 0.3) is 5.56 Å². The third-order valence-corrected chi connectivity index (χ3v) is 4.21. The maximum Gasteiger partial charge on any atom is 0.262 e. The summed E-state index contributed by atoms with van der Waals surface area (Å²) in [5.41, 5.74) is 0.859. The number of rotatable bonds is 3. The van der Waals surface area contributed by atoms with Crippen molar-refractivity contribution in [2.75, 3.05) is 5.88 Å². The van der Waals surface area contributed by atoms with E-state index in [1.54, 1.807) is 0 Å². The molecule has 2 aromatic rings. The van der Waals surface area contributed by atoms with Gasteiger partial charge in [-0.1, -0.05) is 0 Å². The summed E-state index contributed by atoms with van der Waals surface area (Å²) >= 11 is 7.04. The van der Waals surface area contributed by atoms with Gasteiger partial charge in [-0.25, -0.2) is 4.98 Å². The summed E-state index contributed by atoms with van der Waals surface area (Å²) in [6.07, 6.45) is 0.740.